The molecule has 0 aromatic heterocycles. The van der Waals surface area contributed by atoms with Crippen LogP contribution in [0.15, 0.2) is 91.0 Å². The van der Waals surface area contributed by atoms with Crippen LogP contribution in [0.3, 0.4) is 0 Å². The van der Waals surface area contributed by atoms with E-state index in [0.29, 0.717) is 5.56 Å². The minimum absolute atomic E-state index is 0.0413. The van der Waals surface area contributed by atoms with Gasteiger partial charge in [0, 0.05) is 0 Å². The summed E-state index contributed by atoms with van der Waals surface area (Å²) in [4.78, 5) is 75.7. The molecular weight excluding hydrogens is 750 g/mol. The molecule has 0 bridgehead atoms. The van der Waals surface area contributed by atoms with Crippen LogP contribution in [0.2, 0.25) is 0 Å². The molecule has 0 aliphatic carbocycles. The Bertz CT molecular complexity index is 1810. The van der Waals surface area contributed by atoms with E-state index in [1.54, 1.807) is 92.7 Å². The van der Waals surface area contributed by atoms with Gasteiger partial charge >= 0.3 is 36.2 Å². The molecule has 18 nitrogen and oxygen atoms in total. The SMILES string of the molecule is CC1(C)O[C@H]2O[C@H]([C@@H](COC(=O)CNC(=O)OCc3ccccc3)OC(=O)CNC(=O)OCc3ccccc3)[C@H](OC(=O)CNC(=O)OCc3ccccc3)[C@H]2O1. The zero-order chi connectivity index (χ0) is 40.6. The molecule has 5 rings (SSSR count). The largest absolute Gasteiger partial charge is 0.460 e. The highest BCUT2D eigenvalue weighted by Gasteiger charge is 2.59. The molecule has 0 spiro atoms. The summed E-state index contributed by atoms with van der Waals surface area (Å²) in [5, 5.41) is 6.86. The zero-order valence-electron chi connectivity index (χ0n) is 31.1. The molecule has 0 saturated carbocycles. The Morgan fingerprint density at radius 1 is 0.596 bits per heavy atom. The molecule has 2 heterocycles. The Morgan fingerprint density at radius 2 is 1.04 bits per heavy atom. The van der Waals surface area contributed by atoms with Gasteiger partial charge in [0.05, 0.1) is 0 Å². The highest BCUT2D eigenvalue weighted by atomic mass is 16.8. The number of hydrogen-bond donors (Lipinski definition) is 3. The van der Waals surface area contributed by atoms with E-state index in [9.17, 15) is 28.8 Å². The topological polar surface area (TPSA) is 222 Å². The van der Waals surface area contributed by atoms with E-state index >= 15 is 0 Å². The summed E-state index contributed by atoms with van der Waals surface area (Å²) in [6.45, 7) is 0.473. The first-order valence-electron chi connectivity index (χ1n) is 17.8. The molecule has 3 amide bonds. The van der Waals surface area contributed by atoms with E-state index in [1.807, 2.05) is 12.1 Å². The summed E-state index contributed by atoms with van der Waals surface area (Å²) >= 11 is 0. The first-order valence-corrected chi connectivity index (χ1v) is 17.8. The van der Waals surface area contributed by atoms with Crippen molar-refractivity contribution in [2.45, 2.75) is 70.2 Å². The number of ether oxygens (including phenoxy) is 9. The van der Waals surface area contributed by atoms with Crippen LogP contribution < -0.4 is 16.0 Å². The van der Waals surface area contributed by atoms with Crippen molar-refractivity contribution in [1.29, 1.82) is 0 Å². The van der Waals surface area contributed by atoms with Crippen LogP contribution >= 0.6 is 0 Å². The number of hydrogen-bond acceptors (Lipinski definition) is 15. The Labute approximate surface area is 327 Å². The minimum Gasteiger partial charge on any atom is -0.460 e. The van der Waals surface area contributed by atoms with E-state index in [1.165, 1.54) is 0 Å². The normalized spacial score (nSPS) is 19.5. The second-order valence-corrected chi connectivity index (χ2v) is 13.0. The van der Waals surface area contributed by atoms with Gasteiger partial charge in [-0.15, -0.1) is 0 Å². The number of alkyl carbamates (subject to hydrolysis) is 3. The van der Waals surface area contributed by atoms with E-state index < -0.39 is 98.9 Å². The Kier molecular flexibility index (Phi) is 15.2. The average molecular weight is 794 g/mol. The third-order valence-electron chi connectivity index (χ3n) is 8.12. The number of nitrogens with one attached hydrogen (secondary N) is 3. The maximum atomic E-state index is 13.1. The van der Waals surface area contributed by atoms with Gasteiger partial charge in [-0.05, 0) is 30.5 Å². The monoisotopic (exact) mass is 793 g/mol. The predicted molar refractivity (Wildman–Crippen MR) is 193 cm³/mol. The van der Waals surface area contributed by atoms with Crippen LogP contribution in [-0.4, -0.2) is 98.9 Å². The molecule has 2 aliphatic rings. The highest BCUT2D eigenvalue weighted by molar-refractivity contribution is 5.79. The summed E-state index contributed by atoms with van der Waals surface area (Å²) < 4.78 is 49.8. The van der Waals surface area contributed by atoms with Crippen molar-refractivity contribution in [2.75, 3.05) is 26.2 Å². The van der Waals surface area contributed by atoms with E-state index in [-0.39, 0.29) is 19.8 Å². The molecule has 5 atom stereocenters. The molecular formula is C39H43N3O15. The van der Waals surface area contributed by atoms with Crippen molar-refractivity contribution in [3.05, 3.63) is 108 Å². The summed E-state index contributed by atoms with van der Waals surface area (Å²) in [6.07, 6.45) is -9.07. The summed E-state index contributed by atoms with van der Waals surface area (Å²) in [7, 11) is 0. The van der Waals surface area contributed by atoms with Gasteiger partial charge < -0.3 is 58.6 Å². The van der Waals surface area contributed by atoms with Crippen molar-refractivity contribution >= 4 is 36.2 Å². The van der Waals surface area contributed by atoms with E-state index in [0.717, 1.165) is 11.1 Å². The van der Waals surface area contributed by atoms with Crippen LogP contribution in [0.1, 0.15) is 30.5 Å². The fraction of sp³-hybridized carbons (Fsp3) is 0.385. The molecule has 3 N–H and O–H groups in total. The summed E-state index contributed by atoms with van der Waals surface area (Å²) in [5.74, 6) is -4.07. The summed E-state index contributed by atoms with van der Waals surface area (Å²) in [6, 6.07) is 26.6. The number of amides is 3. The third kappa shape index (κ3) is 13.8. The van der Waals surface area contributed by atoms with Gasteiger partial charge in [-0.3, -0.25) is 14.4 Å². The lowest BCUT2D eigenvalue weighted by Crippen LogP contribution is -2.49. The van der Waals surface area contributed by atoms with Crippen molar-refractivity contribution < 1.29 is 71.4 Å². The maximum Gasteiger partial charge on any atom is 0.407 e. The molecule has 57 heavy (non-hydrogen) atoms. The van der Waals surface area contributed by atoms with Gasteiger partial charge in [0.2, 0.25) is 0 Å². The second-order valence-electron chi connectivity index (χ2n) is 13.0. The van der Waals surface area contributed by atoms with Crippen LogP contribution in [-0.2, 0) is 76.8 Å². The first kappa shape index (κ1) is 41.9. The van der Waals surface area contributed by atoms with Crippen molar-refractivity contribution in [1.82, 2.24) is 16.0 Å². The first-order chi connectivity index (χ1) is 27.4. The van der Waals surface area contributed by atoms with Crippen molar-refractivity contribution in [2.24, 2.45) is 0 Å². The number of rotatable bonds is 17. The lowest BCUT2D eigenvalue weighted by Gasteiger charge is -2.30. The zero-order valence-corrected chi connectivity index (χ0v) is 31.1. The number of carbonyl (C=O) groups excluding carboxylic acids is 6. The van der Waals surface area contributed by atoms with Gasteiger partial charge in [0.25, 0.3) is 0 Å². The smallest absolute Gasteiger partial charge is 0.407 e. The standard InChI is InChI=1S/C39H43N3O15/c1-39(2)56-34-33(54-31(45)20-42-38(48)52-23-27-16-10-5-11-17-27)32(55-35(34)57-39)28(53-30(44)19-41-37(47)51-22-26-14-8-4-9-15-26)24-49-29(43)18-40-36(46)50-21-25-12-6-3-7-13-25/h3-17,28,32-35H,18-24H2,1-2H3,(H,40,46)(H,41,47)(H,42,48)/t28-,32-,33+,34-,35-/m1/s1. The molecule has 304 valence electrons. The Balaban J connectivity index is 1.20. The Hall–Kier alpha value is -6.24. The molecule has 18 heteroatoms. The van der Waals surface area contributed by atoms with Crippen molar-refractivity contribution in [3.8, 4) is 0 Å². The van der Waals surface area contributed by atoms with Gasteiger partial charge in [-0.1, -0.05) is 91.0 Å². The number of benzene rings is 3. The lowest BCUT2D eigenvalue weighted by atomic mass is 10.1. The fourth-order valence-electron chi connectivity index (χ4n) is 5.52. The lowest BCUT2D eigenvalue weighted by molar-refractivity contribution is -0.234. The average Bonchev–Trinajstić information content (AvgIpc) is 3.69. The van der Waals surface area contributed by atoms with Crippen LogP contribution in [0.5, 0.6) is 0 Å². The number of esters is 3. The van der Waals surface area contributed by atoms with Gasteiger partial charge in [0.15, 0.2) is 30.4 Å². The Morgan fingerprint density at radius 3 is 1.51 bits per heavy atom. The summed E-state index contributed by atoms with van der Waals surface area (Å²) in [5.41, 5.74) is 2.17. The predicted octanol–water partition coefficient (Wildman–Crippen LogP) is 3.01. The number of fused-ring (bicyclic) bond motifs is 1. The molecule has 0 unspecified atom stereocenters. The van der Waals surface area contributed by atoms with Gasteiger partial charge in [0.1, 0.15) is 52.2 Å². The van der Waals surface area contributed by atoms with E-state index in [4.69, 9.17) is 42.6 Å². The van der Waals surface area contributed by atoms with Crippen LogP contribution in [0, 0.1) is 0 Å². The molecule has 3 aromatic carbocycles. The number of carbonyl (C=O) groups is 6. The third-order valence-corrected chi connectivity index (χ3v) is 8.12. The molecule has 0 radical (unpaired) electrons. The van der Waals surface area contributed by atoms with Gasteiger partial charge in [-0.25, -0.2) is 14.4 Å². The maximum absolute atomic E-state index is 13.1. The molecule has 2 saturated heterocycles. The van der Waals surface area contributed by atoms with Gasteiger partial charge in [-0.2, -0.15) is 0 Å². The van der Waals surface area contributed by atoms with E-state index in [2.05, 4.69) is 16.0 Å². The van der Waals surface area contributed by atoms with Crippen LogP contribution in [0.4, 0.5) is 14.4 Å². The molecule has 2 aliphatic heterocycles. The van der Waals surface area contributed by atoms with Crippen LogP contribution in [0.25, 0.3) is 0 Å². The quantitative estimate of drug-likeness (QED) is 0.132. The minimum atomic E-state index is -1.49. The van der Waals surface area contributed by atoms with Crippen molar-refractivity contribution in [3.63, 3.8) is 0 Å². The molecule has 3 aromatic rings. The fourth-order valence-corrected chi connectivity index (χ4v) is 5.52. The second kappa shape index (κ2) is 20.6. The highest BCUT2D eigenvalue weighted by Crippen LogP contribution is 2.40. The molecule has 2 fully saturated rings.